The molecule has 68 valence electrons. The third-order valence-electron chi connectivity index (χ3n) is 2.16. The van der Waals surface area contributed by atoms with Crippen LogP contribution < -0.4 is 5.32 Å². The van der Waals surface area contributed by atoms with Crippen molar-refractivity contribution in [1.82, 2.24) is 10.3 Å². The van der Waals surface area contributed by atoms with Crippen LogP contribution in [0.4, 0.5) is 0 Å². The van der Waals surface area contributed by atoms with E-state index in [9.17, 15) is 4.79 Å². The van der Waals surface area contributed by atoms with Gasteiger partial charge in [0.1, 0.15) is 0 Å². The first-order valence-electron chi connectivity index (χ1n) is 4.53. The Kier molecular flexibility index (Phi) is 2.25. The summed E-state index contributed by atoms with van der Waals surface area (Å²) in [4.78, 5) is 15.2. The zero-order valence-electron chi connectivity index (χ0n) is 7.36. The van der Waals surface area contributed by atoms with Crippen molar-refractivity contribution < 1.29 is 4.79 Å². The van der Waals surface area contributed by atoms with E-state index in [0.717, 1.165) is 18.4 Å². The maximum Gasteiger partial charge on any atom is 0.223 e. The molecule has 0 unspecified atom stereocenters. The molecule has 1 aromatic rings. The number of carbonyl (C=O) groups excluding carboxylic acids is 1. The van der Waals surface area contributed by atoms with Crippen LogP contribution in [0.25, 0.3) is 0 Å². The van der Waals surface area contributed by atoms with Crippen molar-refractivity contribution >= 4 is 5.91 Å². The number of nitrogens with one attached hydrogen (secondary N) is 1. The molecule has 1 saturated carbocycles. The lowest BCUT2D eigenvalue weighted by Crippen LogP contribution is -2.24. The van der Waals surface area contributed by atoms with Crippen LogP contribution in [0.15, 0.2) is 24.5 Å². The average molecular weight is 176 g/mol. The van der Waals surface area contributed by atoms with Gasteiger partial charge in [-0.1, -0.05) is 0 Å². The van der Waals surface area contributed by atoms with Crippen LogP contribution in [-0.2, 0) is 11.3 Å². The van der Waals surface area contributed by atoms with Crippen LogP contribution in [-0.4, -0.2) is 10.9 Å². The van der Waals surface area contributed by atoms with Gasteiger partial charge < -0.3 is 5.32 Å². The largest absolute Gasteiger partial charge is 0.352 e. The zero-order valence-corrected chi connectivity index (χ0v) is 7.36. The number of carbonyl (C=O) groups is 1. The summed E-state index contributed by atoms with van der Waals surface area (Å²) in [6.07, 6.45) is 5.58. The number of amides is 1. The predicted octanol–water partition coefficient (Wildman–Crippen LogP) is 1.11. The van der Waals surface area contributed by atoms with Crippen LogP contribution in [0.2, 0.25) is 0 Å². The van der Waals surface area contributed by atoms with Gasteiger partial charge in [-0.3, -0.25) is 9.78 Å². The molecule has 1 aliphatic rings. The molecule has 2 rings (SSSR count). The smallest absolute Gasteiger partial charge is 0.223 e. The van der Waals surface area contributed by atoms with E-state index in [-0.39, 0.29) is 5.91 Å². The number of pyridine rings is 1. The Labute approximate surface area is 77.2 Å². The fourth-order valence-corrected chi connectivity index (χ4v) is 1.18. The lowest BCUT2D eigenvalue weighted by molar-refractivity contribution is -0.122. The van der Waals surface area contributed by atoms with Gasteiger partial charge in [0, 0.05) is 24.9 Å². The molecule has 3 heteroatoms. The zero-order chi connectivity index (χ0) is 9.10. The molecule has 1 amide bonds. The summed E-state index contributed by atoms with van der Waals surface area (Å²) in [5.41, 5.74) is 1.10. The summed E-state index contributed by atoms with van der Waals surface area (Å²) in [5, 5.41) is 2.89. The van der Waals surface area contributed by atoms with E-state index in [2.05, 4.69) is 10.3 Å². The Balaban J connectivity index is 1.82. The van der Waals surface area contributed by atoms with Crippen molar-refractivity contribution in [2.45, 2.75) is 19.4 Å². The van der Waals surface area contributed by atoms with Crippen molar-refractivity contribution in [3.63, 3.8) is 0 Å². The summed E-state index contributed by atoms with van der Waals surface area (Å²) in [7, 11) is 0. The topological polar surface area (TPSA) is 42.0 Å². The SMILES string of the molecule is O=C(NCc1ccncc1)C1CC1. The molecule has 1 aromatic heterocycles. The normalized spacial score (nSPS) is 15.4. The van der Waals surface area contributed by atoms with E-state index >= 15 is 0 Å². The molecule has 0 radical (unpaired) electrons. The second-order valence-electron chi connectivity index (χ2n) is 3.35. The summed E-state index contributed by atoms with van der Waals surface area (Å²) in [6.45, 7) is 0.623. The predicted molar refractivity (Wildman–Crippen MR) is 48.8 cm³/mol. The van der Waals surface area contributed by atoms with Crippen molar-refractivity contribution in [2.24, 2.45) is 5.92 Å². The minimum absolute atomic E-state index is 0.191. The maximum atomic E-state index is 11.3. The highest BCUT2D eigenvalue weighted by Gasteiger charge is 2.28. The second kappa shape index (κ2) is 3.56. The quantitative estimate of drug-likeness (QED) is 0.749. The molecule has 0 saturated heterocycles. The molecule has 1 N–H and O–H groups in total. The van der Waals surface area contributed by atoms with Gasteiger partial charge in [-0.05, 0) is 30.5 Å². The van der Waals surface area contributed by atoms with Gasteiger partial charge in [0.25, 0.3) is 0 Å². The summed E-state index contributed by atoms with van der Waals surface area (Å²) in [6, 6.07) is 3.82. The first-order chi connectivity index (χ1) is 6.36. The highest BCUT2D eigenvalue weighted by atomic mass is 16.2. The van der Waals surface area contributed by atoms with E-state index in [1.165, 1.54) is 0 Å². The van der Waals surface area contributed by atoms with Crippen LogP contribution in [0.5, 0.6) is 0 Å². The molecule has 1 heterocycles. The highest BCUT2D eigenvalue weighted by Crippen LogP contribution is 2.28. The molecule has 0 aliphatic heterocycles. The number of hydrogen-bond donors (Lipinski definition) is 1. The van der Waals surface area contributed by atoms with E-state index in [1.54, 1.807) is 12.4 Å². The van der Waals surface area contributed by atoms with Crippen molar-refractivity contribution in [2.75, 3.05) is 0 Å². The highest BCUT2D eigenvalue weighted by molar-refractivity contribution is 5.80. The number of hydrogen-bond acceptors (Lipinski definition) is 2. The number of nitrogens with zero attached hydrogens (tertiary/aromatic N) is 1. The monoisotopic (exact) mass is 176 g/mol. The molecule has 3 nitrogen and oxygen atoms in total. The molecule has 1 fully saturated rings. The van der Waals surface area contributed by atoms with Crippen LogP contribution >= 0.6 is 0 Å². The van der Waals surface area contributed by atoms with Gasteiger partial charge in [0.05, 0.1) is 0 Å². The van der Waals surface area contributed by atoms with Crippen molar-refractivity contribution in [1.29, 1.82) is 0 Å². The van der Waals surface area contributed by atoms with E-state index in [0.29, 0.717) is 12.5 Å². The van der Waals surface area contributed by atoms with Crippen LogP contribution in [0, 0.1) is 5.92 Å². The van der Waals surface area contributed by atoms with Gasteiger partial charge in [0.15, 0.2) is 0 Å². The maximum absolute atomic E-state index is 11.3. The van der Waals surface area contributed by atoms with Gasteiger partial charge >= 0.3 is 0 Å². The second-order valence-corrected chi connectivity index (χ2v) is 3.35. The van der Waals surface area contributed by atoms with Gasteiger partial charge in [-0.25, -0.2) is 0 Å². The third kappa shape index (κ3) is 2.28. The Morgan fingerprint density at radius 2 is 2.15 bits per heavy atom. The molecule has 0 bridgehead atoms. The minimum atomic E-state index is 0.191. The van der Waals surface area contributed by atoms with Crippen LogP contribution in [0.3, 0.4) is 0 Å². The standard InChI is InChI=1S/C10H12N2O/c13-10(9-1-2-9)12-7-8-3-5-11-6-4-8/h3-6,9H,1-2,7H2,(H,12,13). The molecule has 0 aromatic carbocycles. The third-order valence-corrected chi connectivity index (χ3v) is 2.16. The van der Waals surface area contributed by atoms with Crippen molar-refractivity contribution in [3.05, 3.63) is 30.1 Å². The van der Waals surface area contributed by atoms with Gasteiger partial charge in [0.2, 0.25) is 5.91 Å². The lowest BCUT2D eigenvalue weighted by atomic mass is 10.2. The molecular formula is C10H12N2O. The molecule has 0 atom stereocenters. The molecular weight excluding hydrogens is 164 g/mol. The van der Waals surface area contributed by atoms with Crippen molar-refractivity contribution in [3.8, 4) is 0 Å². The minimum Gasteiger partial charge on any atom is -0.352 e. The van der Waals surface area contributed by atoms with E-state index in [4.69, 9.17) is 0 Å². The first-order valence-corrected chi connectivity index (χ1v) is 4.53. The Morgan fingerprint density at radius 1 is 1.46 bits per heavy atom. The summed E-state index contributed by atoms with van der Waals surface area (Å²) < 4.78 is 0. The summed E-state index contributed by atoms with van der Waals surface area (Å²) in [5.74, 6) is 0.485. The van der Waals surface area contributed by atoms with Gasteiger partial charge in [-0.15, -0.1) is 0 Å². The lowest BCUT2D eigenvalue weighted by Gasteiger charge is -2.02. The first kappa shape index (κ1) is 8.23. The average Bonchev–Trinajstić information content (AvgIpc) is 2.99. The van der Waals surface area contributed by atoms with E-state index < -0.39 is 0 Å². The summed E-state index contributed by atoms with van der Waals surface area (Å²) >= 11 is 0. The molecule has 1 aliphatic carbocycles. The van der Waals surface area contributed by atoms with Crippen LogP contribution in [0.1, 0.15) is 18.4 Å². The fraction of sp³-hybridized carbons (Fsp3) is 0.400. The van der Waals surface area contributed by atoms with E-state index in [1.807, 2.05) is 12.1 Å². The fourth-order valence-electron chi connectivity index (χ4n) is 1.18. The Bertz CT molecular complexity index is 293. The van der Waals surface area contributed by atoms with Gasteiger partial charge in [-0.2, -0.15) is 0 Å². The Morgan fingerprint density at radius 3 is 2.77 bits per heavy atom. The molecule has 13 heavy (non-hydrogen) atoms. The molecule has 0 spiro atoms. The Hall–Kier alpha value is -1.38. The number of rotatable bonds is 3. The number of aromatic nitrogens is 1.